The number of fused-ring (bicyclic) bond motifs is 10. The van der Waals surface area contributed by atoms with Crippen molar-refractivity contribution < 1.29 is 0 Å². The summed E-state index contributed by atoms with van der Waals surface area (Å²) in [5.74, 6) is 0. The Balaban J connectivity index is 0.962. The van der Waals surface area contributed by atoms with E-state index in [4.69, 9.17) is 0 Å². The van der Waals surface area contributed by atoms with Gasteiger partial charge in [0.25, 0.3) is 0 Å². The molecule has 0 bridgehead atoms. The van der Waals surface area contributed by atoms with Crippen molar-refractivity contribution in [2.24, 2.45) is 0 Å². The van der Waals surface area contributed by atoms with Crippen molar-refractivity contribution in [3.63, 3.8) is 0 Å². The average Bonchev–Trinajstić information content (AvgIpc) is 3.95. The van der Waals surface area contributed by atoms with Gasteiger partial charge < -0.3 is 0 Å². The van der Waals surface area contributed by atoms with Crippen molar-refractivity contribution >= 4 is 108 Å². The molecule has 0 amide bonds. The second-order valence-electron chi connectivity index (χ2n) is 17.4. The second kappa shape index (κ2) is 15.0. The molecule has 0 radical (unpaired) electrons. The number of benzene rings is 12. The van der Waals surface area contributed by atoms with Gasteiger partial charge in [0.05, 0.1) is 0 Å². The van der Waals surface area contributed by atoms with E-state index in [1.165, 1.54) is 138 Å². The summed E-state index contributed by atoms with van der Waals surface area (Å²) >= 11 is 1.98. The third kappa shape index (κ3) is 5.76. The molecule has 0 spiro atoms. The van der Waals surface area contributed by atoms with Crippen molar-refractivity contribution in [3.8, 4) is 55.6 Å². The van der Waals surface area contributed by atoms with Gasteiger partial charge in [-0.05, 0) is 17.2 Å². The molecule has 0 nitrogen and oxygen atoms in total. The Hall–Kier alpha value is -7.58. The second-order valence-corrected chi connectivity index (χ2v) is 20.7. The van der Waals surface area contributed by atoms with Crippen LogP contribution in [0.15, 0.2) is 231 Å². The van der Waals surface area contributed by atoms with E-state index in [1.54, 1.807) is 0 Å². The zero-order valence-corrected chi connectivity index (χ0v) is 38.3. The Labute approximate surface area is 392 Å². The van der Waals surface area contributed by atoms with Crippen LogP contribution in [0.3, 0.4) is 0 Å². The number of hydrogen-bond donors (Lipinski definition) is 0. The van der Waals surface area contributed by atoms with Gasteiger partial charge in [-0.1, -0.05) is 36.4 Å². The first-order valence-electron chi connectivity index (χ1n) is 22.7. The molecule has 0 unspecified atom stereocenters. The van der Waals surface area contributed by atoms with Crippen LogP contribution in [0.4, 0.5) is 0 Å². The predicted molar refractivity (Wildman–Crippen MR) is 288 cm³/mol. The van der Waals surface area contributed by atoms with E-state index < -0.39 is 0 Å². The van der Waals surface area contributed by atoms with Crippen LogP contribution in [0.25, 0.3) is 138 Å². The van der Waals surface area contributed by atoms with Gasteiger partial charge in [0.1, 0.15) is 0 Å². The van der Waals surface area contributed by atoms with E-state index in [1.807, 2.05) is 11.3 Å². The summed E-state index contributed by atoms with van der Waals surface area (Å²) in [4.78, 5) is 0. The van der Waals surface area contributed by atoms with Crippen LogP contribution in [-0.4, -0.2) is 14.5 Å². The first kappa shape index (κ1) is 37.8. The molecule has 66 heavy (non-hydrogen) atoms. The fourth-order valence-electron chi connectivity index (χ4n) is 11.0. The summed E-state index contributed by atoms with van der Waals surface area (Å²) in [6.45, 7) is 0. The Bertz CT molecular complexity index is 4160. The molecule has 2 heterocycles. The van der Waals surface area contributed by atoms with Crippen molar-refractivity contribution in [1.29, 1.82) is 0 Å². The summed E-state index contributed by atoms with van der Waals surface area (Å²) in [5.41, 5.74) is 12.9. The van der Waals surface area contributed by atoms with Gasteiger partial charge >= 0.3 is 341 Å². The summed E-state index contributed by atoms with van der Waals surface area (Å²) < 4.78 is 5.55. The predicted octanol–water partition coefficient (Wildman–Crippen LogP) is 18.4. The van der Waals surface area contributed by atoms with Gasteiger partial charge in [0, 0.05) is 0 Å². The molecular weight excluding hydrogens is 880 g/mol. The van der Waals surface area contributed by atoms with E-state index in [0.717, 1.165) is 0 Å². The van der Waals surface area contributed by atoms with E-state index in [2.05, 4.69) is 231 Å². The molecule has 14 rings (SSSR count). The molecule has 0 N–H and O–H groups in total. The number of hydrogen-bond acceptors (Lipinski definition) is 1. The fourth-order valence-corrected chi connectivity index (χ4v) is 14.7. The van der Waals surface area contributed by atoms with Crippen LogP contribution in [0.1, 0.15) is 0 Å². The van der Waals surface area contributed by atoms with E-state index in [9.17, 15) is 0 Å². The molecule has 0 saturated carbocycles. The smallest absolute Gasteiger partial charge is 0.0617 e. The number of thiophene rings is 1. The number of rotatable bonds is 5. The van der Waals surface area contributed by atoms with Gasteiger partial charge in [-0.2, -0.15) is 0 Å². The first-order valence-corrected chi connectivity index (χ1v) is 25.2. The molecule has 0 aliphatic rings. The van der Waals surface area contributed by atoms with E-state index >= 15 is 0 Å². The van der Waals surface area contributed by atoms with E-state index in [-0.39, 0.29) is 14.5 Å². The molecule has 306 valence electrons. The summed E-state index contributed by atoms with van der Waals surface area (Å²) in [5, 5.41) is 15.7. The first-order chi connectivity index (χ1) is 32.7. The quantitative estimate of drug-likeness (QED) is 0.119. The fraction of sp³-hybridized carbons (Fsp3) is 0. The average molecular weight is 918 g/mol. The molecular formula is C64H38SSe. The van der Waals surface area contributed by atoms with Crippen LogP contribution < -0.4 is 0 Å². The zero-order valence-electron chi connectivity index (χ0n) is 35.8. The molecule has 14 aromatic rings. The third-order valence-corrected chi connectivity index (χ3v) is 17.5. The summed E-state index contributed by atoms with van der Waals surface area (Å²) in [7, 11) is 0. The Morgan fingerprint density at radius 2 is 0.652 bits per heavy atom. The SMILES string of the molecule is c1ccc(-c2ccc3sc4ccc(-c5c6ccccc6c(-c6ccc7c(c6)[se]c6c(-c8c9ccccc9c(-c9ccccc9)c9ccccc89)cccc67)c6ccccc56)cc4c3c2)cc1. The molecule has 0 aliphatic heterocycles. The van der Waals surface area contributed by atoms with Gasteiger partial charge in [-0.3, -0.25) is 0 Å². The molecule has 2 aromatic heterocycles. The minimum atomic E-state index is 0.0994. The minimum Gasteiger partial charge on any atom is -0.0617 e. The van der Waals surface area contributed by atoms with Crippen LogP contribution in [0.2, 0.25) is 0 Å². The molecule has 0 atom stereocenters. The van der Waals surface area contributed by atoms with Crippen LogP contribution in [0, 0.1) is 0 Å². The molecule has 0 aliphatic carbocycles. The third-order valence-electron chi connectivity index (χ3n) is 13.8. The Morgan fingerprint density at radius 1 is 0.242 bits per heavy atom. The van der Waals surface area contributed by atoms with Crippen molar-refractivity contribution in [2.45, 2.75) is 0 Å². The van der Waals surface area contributed by atoms with Gasteiger partial charge in [-0.25, -0.2) is 0 Å². The monoisotopic (exact) mass is 918 g/mol. The van der Waals surface area contributed by atoms with Gasteiger partial charge in [-0.15, -0.1) is 0 Å². The van der Waals surface area contributed by atoms with Crippen LogP contribution >= 0.6 is 11.3 Å². The van der Waals surface area contributed by atoms with Gasteiger partial charge in [0.15, 0.2) is 0 Å². The molecule has 0 fully saturated rings. The molecule has 2 heteroatoms. The summed E-state index contributed by atoms with van der Waals surface area (Å²) in [6.07, 6.45) is 0. The van der Waals surface area contributed by atoms with Gasteiger partial charge in [0.2, 0.25) is 0 Å². The normalized spacial score (nSPS) is 11.9. The van der Waals surface area contributed by atoms with Crippen molar-refractivity contribution in [2.75, 3.05) is 0 Å². The standard InChI is InChI=1S/C64H38SSe/c1-3-16-39(17-4-1)41-31-34-57-55(36-41)56-37-42(32-35-58(56)65-57)61-45-20-7-9-22-47(45)62(48-23-10-8-21-46(48)61)43-30-33-44-53-28-15-29-54(64(53)66-59(44)38-43)63-51-26-13-11-24-49(51)60(40-18-5-2-6-19-40)50-25-12-14-27-52(50)63/h1-38H. The molecule has 0 saturated heterocycles. The van der Waals surface area contributed by atoms with Crippen molar-refractivity contribution in [1.82, 2.24) is 0 Å². The van der Waals surface area contributed by atoms with Crippen LogP contribution in [0.5, 0.6) is 0 Å². The Morgan fingerprint density at radius 3 is 1.20 bits per heavy atom. The topological polar surface area (TPSA) is 0 Å². The molecule has 12 aromatic carbocycles. The maximum absolute atomic E-state index is 2.52. The van der Waals surface area contributed by atoms with Crippen LogP contribution in [-0.2, 0) is 0 Å². The maximum atomic E-state index is 2.52. The summed E-state index contributed by atoms with van der Waals surface area (Å²) in [6, 6.07) is 86.3. The zero-order chi connectivity index (χ0) is 43.3. The van der Waals surface area contributed by atoms with Crippen molar-refractivity contribution in [3.05, 3.63) is 231 Å². The Kier molecular flexibility index (Phi) is 8.58. The van der Waals surface area contributed by atoms with E-state index in [0.29, 0.717) is 0 Å². The minimum absolute atomic E-state index is 0.0994.